The van der Waals surface area contributed by atoms with Crippen LogP contribution in [0.25, 0.3) is 16.5 Å². The van der Waals surface area contributed by atoms with E-state index in [-0.39, 0.29) is 24.4 Å². The van der Waals surface area contributed by atoms with Gasteiger partial charge < -0.3 is 20.1 Å². The molecule has 0 bridgehead atoms. The summed E-state index contributed by atoms with van der Waals surface area (Å²) in [6.07, 6.45) is 2.08. The van der Waals surface area contributed by atoms with Crippen LogP contribution < -0.4 is 10.6 Å². The number of aryl methyl sites for hydroxylation is 1. The number of halogens is 1. The summed E-state index contributed by atoms with van der Waals surface area (Å²) in [5.74, 6) is -0.0609. The van der Waals surface area contributed by atoms with Gasteiger partial charge in [-0.3, -0.25) is 9.78 Å². The molecular formula is C34H32ClN5OS. The number of hydrogen-bond donors (Lipinski definition) is 2. The maximum atomic E-state index is 13.3. The van der Waals surface area contributed by atoms with Crippen LogP contribution in [0.3, 0.4) is 0 Å². The molecule has 0 radical (unpaired) electrons. The fourth-order valence-electron chi connectivity index (χ4n) is 6.05. The lowest BCUT2D eigenvalue weighted by Crippen LogP contribution is -2.33. The standard InChI is InChI=1S/C34H32ClN5OS/c1-21-20-26(23(3)40(21)30-16-9-13-27(35)22(30)2)33-32(29-14-6-7-18-36-29)38-34(42)39(33)19-17-31(41)37-28-15-8-11-24-10-4-5-12-25(24)28/h4-16,18,20,32-33H,17,19H2,1-3H3,(H,37,41)(H,38,42). The van der Waals surface area contributed by atoms with Crippen molar-refractivity contribution in [1.82, 2.24) is 19.8 Å². The van der Waals surface area contributed by atoms with Gasteiger partial charge in [0.15, 0.2) is 5.11 Å². The highest BCUT2D eigenvalue weighted by atomic mass is 35.5. The molecule has 5 aromatic rings. The van der Waals surface area contributed by atoms with Crippen LogP contribution in [0.5, 0.6) is 0 Å². The second-order valence-electron chi connectivity index (χ2n) is 10.7. The molecule has 1 aliphatic heterocycles. The van der Waals surface area contributed by atoms with E-state index in [0.717, 1.165) is 55.4 Å². The number of fused-ring (bicyclic) bond motifs is 1. The number of carbonyl (C=O) groups excluding carboxylic acids is 1. The molecule has 1 aliphatic rings. The number of nitrogens with one attached hydrogen (secondary N) is 2. The van der Waals surface area contributed by atoms with E-state index in [1.807, 2.05) is 79.7 Å². The van der Waals surface area contributed by atoms with Crippen molar-refractivity contribution < 1.29 is 4.79 Å². The number of thiocarbonyl (C=S) groups is 1. The minimum absolute atomic E-state index is 0.0609. The van der Waals surface area contributed by atoms with Gasteiger partial charge in [-0.15, -0.1) is 0 Å². The Kier molecular flexibility index (Phi) is 7.71. The van der Waals surface area contributed by atoms with E-state index in [0.29, 0.717) is 11.7 Å². The van der Waals surface area contributed by atoms with E-state index in [1.54, 1.807) is 6.20 Å². The van der Waals surface area contributed by atoms with Crippen LogP contribution in [0.2, 0.25) is 5.02 Å². The summed E-state index contributed by atoms with van der Waals surface area (Å²) in [4.78, 5) is 20.1. The highest BCUT2D eigenvalue weighted by Gasteiger charge is 2.41. The molecule has 8 heteroatoms. The molecule has 0 aliphatic carbocycles. The van der Waals surface area contributed by atoms with Crippen LogP contribution in [-0.4, -0.2) is 32.0 Å². The van der Waals surface area contributed by atoms with Crippen molar-refractivity contribution in [3.63, 3.8) is 0 Å². The molecule has 6 nitrogen and oxygen atoms in total. The molecule has 42 heavy (non-hydrogen) atoms. The summed E-state index contributed by atoms with van der Waals surface area (Å²) in [7, 11) is 0. The van der Waals surface area contributed by atoms with E-state index in [9.17, 15) is 4.79 Å². The van der Waals surface area contributed by atoms with Gasteiger partial charge in [-0.25, -0.2) is 0 Å². The van der Waals surface area contributed by atoms with E-state index < -0.39 is 0 Å². The van der Waals surface area contributed by atoms with Crippen molar-refractivity contribution in [2.45, 2.75) is 39.3 Å². The van der Waals surface area contributed by atoms with Crippen LogP contribution in [0.4, 0.5) is 5.69 Å². The minimum Gasteiger partial charge on any atom is -0.352 e. The number of nitrogens with zero attached hydrogens (tertiary/aromatic N) is 3. The SMILES string of the molecule is Cc1c(Cl)cccc1-n1c(C)cc(C2C(c3ccccn3)NC(=S)N2CCC(=O)Nc2cccc3ccccc23)c1C. The third-order valence-corrected chi connectivity index (χ3v) is 8.87. The number of pyridine rings is 1. The average Bonchev–Trinajstić information content (AvgIpc) is 3.48. The number of hydrogen-bond acceptors (Lipinski definition) is 3. The van der Waals surface area contributed by atoms with Crippen molar-refractivity contribution in [3.8, 4) is 5.69 Å². The summed E-state index contributed by atoms with van der Waals surface area (Å²) < 4.78 is 2.25. The number of rotatable bonds is 7. The fraction of sp³-hybridized carbons (Fsp3) is 0.206. The monoisotopic (exact) mass is 593 g/mol. The van der Waals surface area contributed by atoms with Crippen molar-refractivity contribution in [2.75, 3.05) is 11.9 Å². The molecule has 6 rings (SSSR count). The average molecular weight is 594 g/mol. The lowest BCUT2D eigenvalue weighted by Gasteiger charge is -2.28. The van der Waals surface area contributed by atoms with Crippen molar-refractivity contribution in [3.05, 3.63) is 124 Å². The lowest BCUT2D eigenvalue weighted by molar-refractivity contribution is -0.116. The van der Waals surface area contributed by atoms with Crippen LogP contribution in [0, 0.1) is 20.8 Å². The summed E-state index contributed by atoms with van der Waals surface area (Å²) in [5.41, 5.74) is 7.10. The van der Waals surface area contributed by atoms with E-state index in [4.69, 9.17) is 23.8 Å². The van der Waals surface area contributed by atoms with Crippen molar-refractivity contribution >= 4 is 51.3 Å². The van der Waals surface area contributed by atoms with Gasteiger partial charge in [0.1, 0.15) is 0 Å². The zero-order valence-electron chi connectivity index (χ0n) is 23.8. The molecule has 3 heterocycles. The minimum atomic E-state index is -0.172. The maximum absolute atomic E-state index is 13.3. The topological polar surface area (TPSA) is 62.2 Å². The first-order valence-corrected chi connectivity index (χ1v) is 14.8. The lowest BCUT2D eigenvalue weighted by atomic mass is 9.96. The Labute approximate surface area is 256 Å². The molecule has 3 aromatic carbocycles. The molecule has 2 N–H and O–H groups in total. The fourth-order valence-corrected chi connectivity index (χ4v) is 6.55. The largest absolute Gasteiger partial charge is 0.352 e. The number of aromatic nitrogens is 2. The van der Waals surface area contributed by atoms with E-state index >= 15 is 0 Å². The smallest absolute Gasteiger partial charge is 0.226 e. The Balaban J connectivity index is 1.33. The molecule has 2 unspecified atom stereocenters. The Bertz CT molecular complexity index is 1800. The first-order valence-electron chi connectivity index (χ1n) is 14.0. The third kappa shape index (κ3) is 5.14. The van der Waals surface area contributed by atoms with Gasteiger partial charge >= 0.3 is 0 Å². The Morgan fingerprint density at radius 1 is 1.00 bits per heavy atom. The number of benzene rings is 3. The predicted octanol–water partition coefficient (Wildman–Crippen LogP) is 7.61. The molecule has 1 fully saturated rings. The highest BCUT2D eigenvalue weighted by molar-refractivity contribution is 7.80. The number of amides is 1. The van der Waals surface area contributed by atoms with Gasteiger partial charge in [0.25, 0.3) is 0 Å². The Morgan fingerprint density at radius 2 is 1.76 bits per heavy atom. The highest BCUT2D eigenvalue weighted by Crippen LogP contribution is 2.42. The summed E-state index contributed by atoms with van der Waals surface area (Å²) >= 11 is 12.4. The molecule has 212 valence electrons. The van der Waals surface area contributed by atoms with Crippen LogP contribution >= 0.6 is 23.8 Å². The third-order valence-electron chi connectivity index (χ3n) is 8.11. The van der Waals surface area contributed by atoms with Crippen LogP contribution in [-0.2, 0) is 4.79 Å². The summed E-state index contributed by atoms with van der Waals surface area (Å²) in [6.45, 7) is 6.73. The Morgan fingerprint density at radius 3 is 2.57 bits per heavy atom. The van der Waals surface area contributed by atoms with Gasteiger partial charge in [-0.05, 0) is 85.9 Å². The zero-order valence-corrected chi connectivity index (χ0v) is 25.3. The van der Waals surface area contributed by atoms with Crippen molar-refractivity contribution in [2.24, 2.45) is 0 Å². The first-order chi connectivity index (χ1) is 20.3. The quantitative estimate of drug-likeness (QED) is 0.190. The Hall–Kier alpha value is -4.20. The van der Waals surface area contributed by atoms with E-state index in [1.165, 1.54) is 0 Å². The first kappa shape index (κ1) is 27.9. The van der Waals surface area contributed by atoms with Gasteiger partial charge in [0, 0.05) is 52.3 Å². The second kappa shape index (κ2) is 11.6. The molecular weight excluding hydrogens is 562 g/mol. The number of carbonyl (C=O) groups is 1. The molecule has 0 saturated carbocycles. The molecule has 1 saturated heterocycles. The number of anilines is 1. The maximum Gasteiger partial charge on any atom is 0.226 e. The predicted molar refractivity (Wildman–Crippen MR) is 174 cm³/mol. The molecule has 1 amide bonds. The normalized spacial score (nSPS) is 16.6. The van der Waals surface area contributed by atoms with Crippen LogP contribution in [0.1, 0.15) is 46.7 Å². The van der Waals surface area contributed by atoms with Gasteiger partial charge in [-0.2, -0.15) is 0 Å². The van der Waals surface area contributed by atoms with Crippen molar-refractivity contribution in [1.29, 1.82) is 0 Å². The van der Waals surface area contributed by atoms with Gasteiger partial charge in [0.05, 0.1) is 17.8 Å². The van der Waals surface area contributed by atoms with Gasteiger partial charge in [-0.1, -0.05) is 60.1 Å². The summed E-state index contributed by atoms with van der Waals surface area (Å²) in [6, 6.07) is 27.8. The molecule has 0 spiro atoms. The summed E-state index contributed by atoms with van der Waals surface area (Å²) in [5, 5.41) is 10.1. The van der Waals surface area contributed by atoms with Crippen LogP contribution in [0.15, 0.2) is 91.1 Å². The van der Waals surface area contributed by atoms with E-state index in [2.05, 4.69) is 51.1 Å². The zero-order chi connectivity index (χ0) is 29.4. The molecule has 2 aromatic heterocycles. The molecule has 2 atom stereocenters. The second-order valence-corrected chi connectivity index (χ2v) is 11.5. The van der Waals surface area contributed by atoms with Gasteiger partial charge in [0.2, 0.25) is 5.91 Å².